The van der Waals surface area contributed by atoms with Crippen LogP contribution in [-0.4, -0.2) is 31.8 Å². The fraction of sp³-hybridized carbons (Fsp3) is 0.421. The SMILES string of the molecule is Cc1nc(NCc2nnc(C)s2)cc(OCC2CC2c2ccc(C(F)F)cn2)n1. The highest BCUT2D eigenvalue weighted by Gasteiger charge is 2.40. The van der Waals surface area contributed by atoms with Gasteiger partial charge in [-0.2, -0.15) is 4.98 Å². The van der Waals surface area contributed by atoms with Crippen LogP contribution < -0.4 is 10.1 Å². The lowest BCUT2D eigenvalue weighted by Crippen LogP contribution is -2.07. The van der Waals surface area contributed by atoms with Gasteiger partial charge >= 0.3 is 0 Å². The van der Waals surface area contributed by atoms with Gasteiger partial charge in [-0.1, -0.05) is 11.3 Å². The number of aromatic nitrogens is 5. The molecule has 3 aromatic heterocycles. The average Bonchev–Trinajstić information content (AvgIpc) is 3.36. The number of rotatable bonds is 8. The molecule has 2 unspecified atom stereocenters. The van der Waals surface area contributed by atoms with Gasteiger partial charge in [0.15, 0.2) is 0 Å². The molecule has 1 N–H and O–H groups in total. The van der Waals surface area contributed by atoms with Crippen molar-refractivity contribution in [2.45, 2.75) is 39.2 Å². The van der Waals surface area contributed by atoms with Crippen molar-refractivity contribution in [3.63, 3.8) is 0 Å². The summed E-state index contributed by atoms with van der Waals surface area (Å²) in [5.41, 5.74) is 0.777. The molecular formula is C19H20F2N6OS. The van der Waals surface area contributed by atoms with Crippen LogP contribution in [-0.2, 0) is 6.54 Å². The zero-order chi connectivity index (χ0) is 20.4. The largest absolute Gasteiger partial charge is 0.477 e. The Morgan fingerprint density at radius 1 is 1.24 bits per heavy atom. The number of anilines is 1. The monoisotopic (exact) mass is 418 g/mol. The number of halogens is 2. The predicted molar refractivity (Wildman–Crippen MR) is 104 cm³/mol. The van der Waals surface area contributed by atoms with E-state index in [2.05, 4.69) is 30.5 Å². The number of nitrogens with zero attached hydrogens (tertiary/aromatic N) is 5. The van der Waals surface area contributed by atoms with Crippen LogP contribution in [0.2, 0.25) is 0 Å². The van der Waals surface area contributed by atoms with Crippen LogP contribution in [0.15, 0.2) is 24.4 Å². The van der Waals surface area contributed by atoms with Gasteiger partial charge in [-0.05, 0) is 32.4 Å². The molecule has 0 aromatic carbocycles. The van der Waals surface area contributed by atoms with Crippen LogP contribution >= 0.6 is 11.3 Å². The van der Waals surface area contributed by atoms with Gasteiger partial charge in [0, 0.05) is 35.4 Å². The number of pyridine rings is 1. The zero-order valence-corrected chi connectivity index (χ0v) is 16.8. The molecule has 0 spiro atoms. The molecule has 1 fully saturated rings. The van der Waals surface area contributed by atoms with Gasteiger partial charge in [0.2, 0.25) is 5.88 Å². The number of hydrogen-bond donors (Lipinski definition) is 1. The molecule has 0 amide bonds. The van der Waals surface area contributed by atoms with E-state index in [0.717, 1.165) is 22.1 Å². The minimum absolute atomic E-state index is 0.0534. The van der Waals surface area contributed by atoms with Crippen molar-refractivity contribution in [1.29, 1.82) is 0 Å². The molecule has 1 aliphatic rings. The molecule has 0 radical (unpaired) electrons. The normalized spacial score (nSPS) is 18.1. The number of aryl methyl sites for hydroxylation is 2. The molecule has 0 aliphatic heterocycles. The maximum absolute atomic E-state index is 12.6. The number of nitrogens with one attached hydrogen (secondary N) is 1. The minimum atomic E-state index is -2.49. The molecule has 3 aromatic rings. The average molecular weight is 418 g/mol. The van der Waals surface area contributed by atoms with E-state index in [1.165, 1.54) is 23.6 Å². The van der Waals surface area contributed by atoms with Gasteiger partial charge in [0.25, 0.3) is 6.43 Å². The van der Waals surface area contributed by atoms with E-state index in [1.54, 1.807) is 12.1 Å². The number of hydrogen-bond acceptors (Lipinski definition) is 8. The van der Waals surface area contributed by atoms with Crippen molar-refractivity contribution >= 4 is 17.2 Å². The Hall–Kier alpha value is -2.75. The van der Waals surface area contributed by atoms with E-state index in [1.807, 2.05) is 13.8 Å². The minimum Gasteiger partial charge on any atom is -0.477 e. The Bertz CT molecular complexity index is 981. The second kappa shape index (κ2) is 8.32. The van der Waals surface area contributed by atoms with Gasteiger partial charge in [0.1, 0.15) is 21.7 Å². The molecule has 1 aliphatic carbocycles. The van der Waals surface area contributed by atoms with Crippen molar-refractivity contribution in [3.05, 3.63) is 51.5 Å². The Labute approximate surface area is 170 Å². The summed E-state index contributed by atoms with van der Waals surface area (Å²) < 4.78 is 31.1. The molecular weight excluding hydrogens is 398 g/mol. The number of alkyl halides is 2. The van der Waals surface area contributed by atoms with E-state index in [-0.39, 0.29) is 11.5 Å². The van der Waals surface area contributed by atoms with E-state index in [9.17, 15) is 8.78 Å². The Kier molecular flexibility index (Phi) is 5.61. The molecule has 4 rings (SSSR count). The maximum Gasteiger partial charge on any atom is 0.265 e. The number of ether oxygens (including phenoxy) is 1. The highest BCUT2D eigenvalue weighted by Crippen LogP contribution is 2.46. The summed E-state index contributed by atoms with van der Waals surface area (Å²) in [6.07, 6.45) is -0.317. The lowest BCUT2D eigenvalue weighted by Gasteiger charge is -2.09. The molecule has 152 valence electrons. The lowest BCUT2D eigenvalue weighted by molar-refractivity contribution is 0.151. The summed E-state index contributed by atoms with van der Waals surface area (Å²) in [7, 11) is 0. The Morgan fingerprint density at radius 2 is 2.10 bits per heavy atom. The van der Waals surface area contributed by atoms with Gasteiger partial charge in [-0.15, -0.1) is 10.2 Å². The second-order valence-corrected chi connectivity index (χ2v) is 8.20. The fourth-order valence-electron chi connectivity index (χ4n) is 3.03. The summed E-state index contributed by atoms with van der Waals surface area (Å²) in [6, 6.07) is 4.88. The first kappa shape index (κ1) is 19.6. The molecule has 0 saturated heterocycles. The van der Waals surface area contributed by atoms with Gasteiger partial charge in [0.05, 0.1) is 13.2 Å². The van der Waals surface area contributed by atoms with Crippen molar-refractivity contribution in [1.82, 2.24) is 25.1 Å². The topological polar surface area (TPSA) is 85.7 Å². The quantitative estimate of drug-likeness (QED) is 0.590. The van der Waals surface area contributed by atoms with Crippen molar-refractivity contribution in [2.24, 2.45) is 5.92 Å². The van der Waals surface area contributed by atoms with Gasteiger partial charge in [-0.25, -0.2) is 13.8 Å². The molecule has 0 bridgehead atoms. The Morgan fingerprint density at radius 3 is 2.79 bits per heavy atom. The van der Waals surface area contributed by atoms with Crippen LogP contribution in [0.5, 0.6) is 5.88 Å². The van der Waals surface area contributed by atoms with Crippen molar-refractivity contribution in [2.75, 3.05) is 11.9 Å². The first-order valence-corrected chi connectivity index (χ1v) is 10.0. The molecule has 10 heteroatoms. The van der Waals surface area contributed by atoms with Gasteiger partial charge < -0.3 is 10.1 Å². The molecule has 3 heterocycles. The van der Waals surface area contributed by atoms with Crippen LogP contribution in [0.1, 0.15) is 45.9 Å². The third-order valence-corrected chi connectivity index (χ3v) is 5.45. The Balaban J connectivity index is 1.31. The van der Waals surface area contributed by atoms with Gasteiger partial charge in [-0.3, -0.25) is 4.98 Å². The molecule has 7 nitrogen and oxygen atoms in total. The second-order valence-electron chi connectivity index (χ2n) is 6.94. The van der Waals surface area contributed by atoms with Crippen molar-refractivity contribution < 1.29 is 13.5 Å². The van der Waals surface area contributed by atoms with E-state index in [0.29, 0.717) is 36.6 Å². The zero-order valence-electron chi connectivity index (χ0n) is 16.0. The highest BCUT2D eigenvalue weighted by molar-refractivity contribution is 7.11. The third-order valence-electron chi connectivity index (χ3n) is 4.61. The molecule has 29 heavy (non-hydrogen) atoms. The maximum atomic E-state index is 12.6. The standard InChI is InChI=1S/C19H20F2N6OS/c1-10-24-16(23-8-18-27-26-11(2)29-18)6-17(25-10)28-9-13-5-14(13)15-4-3-12(7-22-15)19(20)21/h3-4,6-7,13-14,19H,5,8-9H2,1-2H3,(H,23,24,25). The lowest BCUT2D eigenvalue weighted by atomic mass is 10.2. The van der Waals surface area contributed by atoms with Crippen LogP contribution in [0, 0.1) is 19.8 Å². The van der Waals surface area contributed by atoms with Crippen molar-refractivity contribution in [3.8, 4) is 5.88 Å². The summed E-state index contributed by atoms with van der Waals surface area (Å²) in [5.74, 6) is 2.31. The highest BCUT2D eigenvalue weighted by atomic mass is 32.1. The summed E-state index contributed by atoms with van der Waals surface area (Å²) in [6.45, 7) is 4.75. The summed E-state index contributed by atoms with van der Waals surface area (Å²) in [4.78, 5) is 12.9. The van der Waals surface area contributed by atoms with E-state index in [4.69, 9.17) is 4.74 Å². The van der Waals surface area contributed by atoms with Crippen LogP contribution in [0.25, 0.3) is 0 Å². The third kappa shape index (κ3) is 5.00. The predicted octanol–water partition coefficient (Wildman–Crippen LogP) is 4.07. The fourth-order valence-corrected chi connectivity index (χ4v) is 3.68. The first-order valence-electron chi connectivity index (χ1n) is 9.23. The van der Waals surface area contributed by atoms with Crippen LogP contribution in [0.4, 0.5) is 14.6 Å². The van der Waals surface area contributed by atoms with Crippen LogP contribution in [0.3, 0.4) is 0 Å². The summed E-state index contributed by atoms with van der Waals surface area (Å²) in [5, 5.41) is 13.1. The van der Waals surface area contributed by atoms with E-state index >= 15 is 0 Å². The van der Waals surface area contributed by atoms with E-state index < -0.39 is 6.43 Å². The smallest absolute Gasteiger partial charge is 0.265 e. The molecule has 1 saturated carbocycles. The molecule has 2 atom stereocenters. The summed E-state index contributed by atoms with van der Waals surface area (Å²) >= 11 is 1.53. The first-order chi connectivity index (χ1) is 14.0.